The summed E-state index contributed by atoms with van der Waals surface area (Å²) in [4.78, 5) is 10.7. The first-order valence-corrected chi connectivity index (χ1v) is 12.4. The van der Waals surface area contributed by atoms with E-state index in [1.54, 1.807) is 6.07 Å². The molecule has 3 aromatic rings. The van der Waals surface area contributed by atoms with E-state index >= 15 is 0 Å². The summed E-state index contributed by atoms with van der Waals surface area (Å²) in [6.07, 6.45) is 5.81. The molecule has 0 spiro atoms. The quantitative estimate of drug-likeness (QED) is 0.365. The lowest BCUT2D eigenvalue weighted by Gasteiger charge is -2.28. The molecule has 1 heterocycles. The number of carbonyl (C=O) groups is 1. The molecule has 35 heavy (non-hydrogen) atoms. The molecule has 1 N–H and O–H groups in total. The first-order valence-electron chi connectivity index (χ1n) is 12.4. The fourth-order valence-electron chi connectivity index (χ4n) is 5.03. The van der Waals surface area contributed by atoms with E-state index < -0.39 is 17.6 Å². The average molecular weight is 483 g/mol. The second-order valence-corrected chi connectivity index (χ2v) is 9.39. The van der Waals surface area contributed by atoms with E-state index in [0.717, 1.165) is 68.0 Å². The number of halogens is 2. The molecule has 186 valence electrons. The minimum atomic E-state index is -0.938. The van der Waals surface area contributed by atoms with Crippen molar-refractivity contribution in [2.75, 3.05) is 13.2 Å². The van der Waals surface area contributed by atoms with Gasteiger partial charge >= 0.3 is 5.97 Å². The molecule has 0 atom stereocenters. The van der Waals surface area contributed by atoms with Crippen LogP contribution < -0.4 is 0 Å². The van der Waals surface area contributed by atoms with Crippen LogP contribution in [-0.2, 0) is 22.5 Å². The maximum Gasteiger partial charge on any atom is 0.329 e. The van der Waals surface area contributed by atoms with Gasteiger partial charge in [0.2, 0.25) is 0 Å². The lowest BCUT2D eigenvalue weighted by atomic mass is 9.82. The number of aliphatic carboxylic acids is 1. The molecule has 2 aromatic carbocycles. The Morgan fingerprint density at radius 1 is 1.03 bits per heavy atom. The lowest BCUT2D eigenvalue weighted by Crippen LogP contribution is -2.23. The molecule has 1 fully saturated rings. The third-order valence-electron chi connectivity index (χ3n) is 6.78. The summed E-state index contributed by atoms with van der Waals surface area (Å²) in [6, 6.07) is 14.0. The van der Waals surface area contributed by atoms with Crippen LogP contribution in [0.1, 0.15) is 44.7 Å². The normalized spacial score (nSPS) is 18.0. The summed E-state index contributed by atoms with van der Waals surface area (Å²) >= 11 is 0. The number of benzene rings is 2. The number of hydrogen-bond donors (Lipinski definition) is 1. The van der Waals surface area contributed by atoms with E-state index in [2.05, 4.69) is 11.6 Å². The SMILES string of the molecule is CCCc1c(-c2ccccc2)c(-c2ccc(F)c(F)c2)nn1C[C@H]1CC[C@@H](COCC(=O)O)CC1. The van der Waals surface area contributed by atoms with Crippen LogP contribution in [0.15, 0.2) is 48.5 Å². The van der Waals surface area contributed by atoms with Gasteiger partial charge in [-0.25, -0.2) is 13.6 Å². The zero-order valence-corrected chi connectivity index (χ0v) is 20.1. The molecule has 0 unspecified atom stereocenters. The molecule has 0 bridgehead atoms. The molecular formula is C28H32F2N2O3. The zero-order chi connectivity index (χ0) is 24.8. The second kappa shape index (κ2) is 11.6. The topological polar surface area (TPSA) is 64.4 Å². The van der Waals surface area contributed by atoms with E-state index in [9.17, 15) is 13.6 Å². The van der Waals surface area contributed by atoms with Gasteiger partial charge in [0, 0.05) is 23.4 Å². The van der Waals surface area contributed by atoms with E-state index in [4.69, 9.17) is 14.9 Å². The Kier molecular flexibility index (Phi) is 8.29. The van der Waals surface area contributed by atoms with Crippen molar-refractivity contribution in [3.63, 3.8) is 0 Å². The minimum Gasteiger partial charge on any atom is -0.480 e. The van der Waals surface area contributed by atoms with Gasteiger partial charge in [0.25, 0.3) is 0 Å². The number of rotatable bonds is 10. The summed E-state index contributed by atoms with van der Waals surface area (Å²) in [6.45, 7) is 3.14. The van der Waals surface area contributed by atoms with Crippen LogP contribution in [-0.4, -0.2) is 34.1 Å². The largest absolute Gasteiger partial charge is 0.480 e. The predicted octanol–water partition coefficient (Wildman–Crippen LogP) is 6.36. The van der Waals surface area contributed by atoms with Gasteiger partial charge in [0.1, 0.15) is 12.3 Å². The van der Waals surface area contributed by atoms with Crippen molar-refractivity contribution in [1.29, 1.82) is 0 Å². The molecule has 1 aromatic heterocycles. The van der Waals surface area contributed by atoms with Crippen molar-refractivity contribution in [3.8, 4) is 22.4 Å². The zero-order valence-electron chi connectivity index (χ0n) is 20.1. The Morgan fingerprint density at radius 2 is 1.74 bits per heavy atom. The summed E-state index contributed by atoms with van der Waals surface area (Å²) < 4.78 is 35.2. The number of aromatic nitrogens is 2. The van der Waals surface area contributed by atoms with Crippen LogP contribution in [0.5, 0.6) is 0 Å². The van der Waals surface area contributed by atoms with Crippen molar-refractivity contribution >= 4 is 5.97 Å². The van der Waals surface area contributed by atoms with Gasteiger partial charge in [-0.2, -0.15) is 5.10 Å². The highest BCUT2D eigenvalue weighted by Crippen LogP contribution is 2.37. The van der Waals surface area contributed by atoms with E-state index in [0.29, 0.717) is 29.7 Å². The maximum atomic E-state index is 14.1. The van der Waals surface area contributed by atoms with Gasteiger partial charge in [-0.3, -0.25) is 4.68 Å². The van der Waals surface area contributed by atoms with E-state index in [1.165, 1.54) is 6.07 Å². The lowest BCUT2D eigenvalue weighted by molar-refractivity contribution is -0.142. The van der Waals surface area contributed by atoms with Crippen LogP contribution >= 0.6 is 0 Å². The van der Waals surface area contributed by atoms with E-state index in [-0.39, 0.29) is 6.61 Å². The minimum absolute atomic E-state index is 0.247. The molecule has 1 saturated carbocycles. The van der Waals surface area contributed by atoms with Crippen LogP contribution in [0.3, 0.4) is 0 Å². The van der Waals surface area contributed by atoms with Crippen molar-refractivity contribution in [1.82, 2.24) is 9.78 Å². The molecule has 1 aliphatic carbocycles. The smallest absolute Gasteiger partial charge is 0.329 e. The monoisotopic (exact) mass is 482 g/mol. The third kappa shape index (κ3) is 6.14. The molecular weight excluding hydrogens is 450 g/mol. The van der Waals surface area contributed by atoms with Crippen molar-refractivity contribution in [2.24, 2.45) is 11.8 Å². The summed E-state index contributed by atoms with van der Waals surface area (Å²) in [5, 5.41) is 13.7. The molecule has 0 aliphatic heterocycles. The van der Waals surface area contributed by atoms with Crippen molar-refractivity contribution in [3.05, 3.63) is 65.9 Å². The maximum absolute atomic E-state index is 14.1. The Bertz CT molecular complexity index is 1140. The molecule has 4 rings (SSSR count). The number of ether oxygens (including phenoxy) is 1. The highest BCUT2D eigenvalue weighted by molar-refractivity contribution is 5.82. The van der Waals surface area contributed by atoms with E-state index in [1.807, 2.05) is 30.3 Å². The number of hydrogen-bond acceptors (Lipinski definition) is 3. The van der Waals surface area contributed by atoms with Crippen LogP contribution in [0.4, 0.5) is 8.78 Å². The molecule has 0 saturated heterocycles. The number of nitrogens with zero attached hydrogens (tertiary/aromatic N) is 2. The Morgan fingerprint density at radius 3 is 2.40 bits per heavy atom. The Hall–Kier alpha value is -3.06. The first kappa shape index (κ1) is 25.0. The molecule has 0 amide bonds. The van der Waals surface area contributed by atoms with Gasteiger partial charge in [-0.1, -0.05) is 43.7 Å². The van der Waals surface area contributed by atoms with Crippen LogP contribution in [0, 0.1) is 23.5 Å². The fraction of sp³-hybridized carbons (Fsp3) is 0.429. The summed E-state index contributed by atoms with van der Waals surface area (Å²) in [7, 11) is 0. The standard InChI is InChI=1S/C28H32F2N2O3/c1-2-6-25-27(21-7-4-3-5-8-21)28(22-13-14-23(29)24(30)15-22)31-32(25)16-19-9-11-20(12-10-19)17-35-18-26(33)34/h3-5,7-8,13-15,19-20H,2,6,9-12,16-18H2,1H3,(H,33,34)/t19-,20+. The fourth-order valence-corrected chi connectivity index (χ4v) is 5.03. The molecule has 1 aliphatic rings. The third-order valence-corrected chi connectivity index (χ3v) is 6.78. The van der Waals surface area contributed by atoms with Gasteiger partial charge in [0.05, 0.1) is 6.61 Å². The number of carboxylic acids is 1. The molecule has 7 heteroatoms. The van der Waals surface area contributed by atoms with Gasteiger partial charge in [-0.05, 0) is 67.7 Å². The second-order valence-electron chi connectivity index (χ2n) is 9.39. The Labute approximate surface area is 204 Å². The van der Waals surface area contributed by atoms with Gasteiger partial charge in [0.15, 0.2) is 11.6 Å². The highest BCUT2D eigenvalue weighted by Gasteiger charge is 2.26. The van der Waals surface area contributed by atoms with Crippen LogP contribution in [0.25, 0.3) is 22.4 Å². The summed E-state index contributed by atoms with van der Waals surface area (Å²) in [5.74, 6) is -1.85. The van der Waals surface area contributed by atoms with Crippen molar-refractivity contribution < 1.29 is 23.4 Å². The predicted molar refractivity (Wildman–Crippen MR) is 131 cm³/mol. The number of carboxylic acid groups (broad SMARTS) is 1. The molecule has 0 radical (unpaired) electrons. The van der Waals surface area contributed by atoms with Gasteiger partial charge in [-0.15, -0.1) is 0 Å². The average Bonchev–Trinajstić information content (AvgIpc) is 3.20. The molecule has 5 nitrogen and oxygen atoms in total. The Balaban J connectivity index is 1.61. The first-order chi connectivity index (χ1) is 17.0. The van der Waals surface area contributed by atoms with Gasteiger partial charge < -0.3 is 9.84 Å². The highest BCUT2D eigenvalue weighted by atomic mass is 19.2. The summed E-state index contributed by atoms with van der Waals surface area (Å²) in [5.41, 5.74) is 4.35. The van der Waals surface area contributed by atoms with Crippen molar-refractivity contribution in [2.45, 2.75) is 52.0 Å². The van der Waals surface area contributed by atoms with Crippen LogP contribution in [0.2, 0.25) is 0 Å².